The molecular formula is C16H33P. The number of unbranched alkanes of at least 4 members (excludes halogenated alkanes) is 5. The van der Waals surface area contributed by atoms with Crippen LogP contribution in [0.4, 0.5) is 0 Å². The molecule has 1 aliphatic rings. The van der Waals surface area contributed by atoms with Crippen molar-refractivity contribution in [2.75, 3.05) is 6.16 Å². The standard InChI is InChI=1S/C16H33P/c1-4-5-6-7-8-11-14-17-16(15(2)3)12-9-10-13-16/h15,17H,4-14H2,1-3H3. The fourth-order valence-electron chi connectivity index (χ4n) is 3.21. The number of hydrogen-bond acceptors (Lipinski definition) is 0. The second-order valence-electron chi connectivity index (χ2n) is 6.21. The predicted molar refractivity (Wildman–Crippen MR) is 82.6 cm³/mol. The lowest BCUT2D eigenvalue weighted by Gasteiger charge is -2.33. The van der Waals surface area contributed by atoms with Gasteiger partial charge in [0, 0.05) is 0 Å². The Kier molecular flexibility index (Phi) is 7.76. The Balaban J connectivity index is 2.08. The zero-order chi connectivity index (χ0) is 12.6. The third-order valence-electron chi connectivity index (χ3n) is 4.61. The molecule has 0 bridgehead atoms. The van der Waals surface area contributed by atoms with Crippen LogP contribution >= 0.6 is 8.58 Å². The second-order valence-corrected chi connectivity index (χ2v) is 8.06. The van der Waals surface area contributed by atoms with Gasteiger partial charge in [0.2, 0.25) is 0 Å². The van der Waals surface area contributed by atoms with E-state index in [0.29, 0.717) is 0 Å². The van der Waals surface area contributed by atoms with E-state index in [4.69, 9.17) is 0 Å². The normalized spacial score (nSPS) is 19.8. The molecule has 1 unspecified atom stereocenters. The zero-order valence-corrected chi connectivity index (χ0v) is 13.4. The van der Waals surface area contributed by atoms with Crippen LogP contribution in [0.2, 0.25) is 0 Å². The van der Waals surface area contributed by atoms with Gasteiger partial charge in [0.1, 0.15) is 0 Å². The molecule has 17 heavy (non-hydrogen) atoms. The van der Waals surface area contributed by atoms with E-state index in [1.165, 1.54) is 79.0 Å². The lowest BCUT2D eigenvalue weighted by Crippen LogP contribution is -2.26. The van der Waals surface area contributed by atoms with E-state index in [1.54, 1.807) is 0 Å². The molecular weight excluding hydrogens is 223 g/mol. The van der Waals surface area contributed by atoms with Gasteiger partial charge in [-0.25, -0.2) is 0 Å². The van der Waals surface area contributed by atoms with Crippen molar-refractivity contribution in [3.05, 3.63) is 0 Å². The van der Waals surface area contributed by atoms with Crippen molar-refractivity contribution >= 4 is 8.58 Å². The van der Waals surface area contributed by atoms with Crippen molar-refractivity contribution in [2.45, 2.75) is 90.1 Å². The summed E-state index contributed by atoms with van der Waals surface area (Å²) in [5, 5.41) is 0.767. The van der Waals surface area contributed by atoms with Crippen molar-refractivity contribution in [1.82, 2.24) is 0 Å². The van der Waals surface area contributed by atoms with Crippen molar-refractivity contribution in [1.29, 1.82) is 0 Å². The molecule has 0 amide bonds. The molecule has 1 atom stereocenters. The highest BCUT2D eigenvalue weighted by molar-refractivity contribution is 7.40. The van der Waals surface area contributed by atoms with Crippen LogP contribution in [0.5, 0.6) is 0 Å². The summed E-state index contributed by atoms with van der Waals surface area (Å²) >= 11 is 0. The molecule has 0 aromatic carbocycles. The van der Waals surface area contributed by atoms with Gasteiger partial charge >= 0.3 is 0 Å². The Morgan fingerprint density at radius 3 is 2.12 bits per heavy atom. The lowest BCUT2D eigenvalue weighted by atomic mass is 9.93. The summed E-state index contributed by atoms with van der Waals surface area (Å²) in [6, 6.07) is 0. The molecule has 0 aromatic rings. The van der Waals surface area contributed by atoms with Gasteiger partial charge in [-0.15, -0.1) is 8.58 Å². The molecule has 1 heteroatoms. The van der Waals surface area contributed by atoms with Crippen molar-refractivity contribution in [2.24, 2.45) is 5.92 Å². The summed E-state index contributed by atoms with van der Waals surface area (Å²) in [4.78, 5) is 0. The first kappa shape index (κ1) is 15.5. The monoisotopic (exact) mass is 256 g/mol. The quantitative estimate of drug-likeness (QED) is 0.351. The van der Waals surface area contributed by atoms with Crippen LogP contribution in [0.15, 0.2) is 0 Å². The highest BCUT2D eigenvalue weighted by Gasteiger charge is 2.35. The highest BCUT2D eigenvalue weighted by atomic mass is 31.1. The molecule has 0 saturated heterocycles. The Morgan fingerprint density at radius 1 is 0.941 bits per heavy atom. The molecule has 0 N–H and O–H groups in total. The van der Waals surface area contributed by atoms with Gasteiger partial charge < -0.3 is 0 Å². The topological polar surface area (TPSA) is 0 Å². The molecule has 1 rings (SSSR count). The third-order valence-corrected chi connectivity index (χ3v) is 6.99. The summed E-state index contributed by atoms with van der Waals surface area (Å²) in [7, 11) is 1.25. The predicted octanol–water partition coefficient (Wildman–Crippen LogP) is 5.99. The first-order valence-electron chi connectivity index (χ1n) is 7.96. The molecule has 0 nitrogen and oxygen atoms in total. The van der Waals surface area contributed by atoms with Crippen LogP contribution in [-0.2, 0) is 0 Å². The molecule has 0 radical (unpaired) electrons. The van der Waals surface area contributed by atoms with Gasteiger partial charge in [-0.3, -0.25) is 0 Å². The molecule has 102 valence electrons. The van der Waals surface area contributed by atoms with E-state index in [1.807, 2.05) is 0 Å². The number of rotatable bonds is 9. The van der Waals surface area contributed by atoms with Gasteiger partial charge in [-0.2, -0.15) is 0 Å². The van der Waals surface area contributed by atoms with E-state index >= 15 is 0 Å². The average molecular weight is 256 g/mol. The van der Waals surface area contributed by atoms with E-state index in [9.17, 15) is 0 Å². The minimum Gasteiger partial charge on any atom is -0.115 e. The maximum Gasteiger partial charge on any atom is -0.00989 e. The molecule has 1 fully saturated rings. The van der Waals surface area contributed by atoms with Gasteiger partial charge in [-0.05, 0) is 36.5 Å². The summed E-state index contributed by atoms with van der Waals surface area (Å²) in [5.41, 5.74) is 0. The average Bonchev–Trinajstić information content (AvgIpc) is 2.78. The minimum atomic E-state index is 0.767. The van der Waals surface area contributed by atoms with Crippen LogP contribution in [0.3, 0.4) is 0 Å². The fourth-order valence-corrected chi connectivity index (χ4v) is 5.25. The van der Waals surface area contributed by atoms with Crippen LogP contribution in [0.25, 0.3) is 0 Å². The van der Waals surface area contributed by atoms with Crippen LogP contribution < -0.4 is 0 Å². The van der Waals surface area contributed by atoms with E-state index < -0.39 is 0 Å². The van der Waals surface area contributed by atoms with Gasteiger partial charge in [-0.1, -0.05) is 65.7 Å². The minimum absolute atomic E-state index is 0.767. The molecule has 0 aliphatic heterocycles. The van der Waals surface area contributed by atoms with Gasteiger partial charge in [0.05, 0.1) is 0 Å². The molecule has 0 spiro atoms. The molecule has 0 heterocycles. The van der Waals surface area contributed by atoms with Gasteiger partial charge in [0.25, 0.3) is 0 Å². The van der Waals surface area contributed by atoms with E-state index in [-0.39, 0.29) is 0 Å². The fraction of sp³-hybridized carbons (Fsp3) is 1.00. The maximum atomic E-state index is 2.46. The second kappa shape index (κ2) is 8.52. The first-order valence-corrected chi connectivity index (χ1v) is 9.17. The Labute approximate surface area is 111 Å². The molecule has 0 aromatic heterocycles. The zero-order valence-electron chi connectivity index (χ0n) is 12.4. The Hall–Kier alpha value is 0.430. The van der Waals surface area contributed by atoms with E-state index in [0.717, 1.165) is 11.1 Å². The summed E-state index contributed by atoms with van der Waals surface area (Å²) in [6.45, 7) is 7.22. The van der Waals surface area contributed by atoms with Crippen LogP contribution in [0.1, 0.15) is 85.0 Å². The third kappa shape index (κ3) is 5.29. The lowest BCUT2D eigenvalue weighted by molar-refractivity contribution is 0.438. The van der Waals surface area contributed by atoms with Gasteiger partial charge in [0.15, 0.2) is 0 Å². The van der Waals surface area contributed by atoms with Crippen LogP contribution in [0, 0.1) is 5.92 Å². The van der Waals surface area contributed by atoms with Crippen molar-refractivity contribution < 1.29 is 0 Å². The summed E-state index contributed by atoms with van der Waals surface area (Å²) in [5.74, 6) is 0.920. The summed E-state index contributed by atoms with van der Waals surface area (Å²) < 4.78 is 0. The first-order chi connectivity index (χ1) is 8.21. The smallest absolute Gasteiger partial charge is 0.00989 e. The number of hydrogen-bond donors (Lipinski definition) is 0. The highest BCUT2D eigenvalue weighted by Crippen LogP contribution is 2.50. The summed E-state index contributed by atoms with van der Waals surface area (Å²) in [6.07, 6.45) is 16.3. The molecule has 1 aliphatic carbocycles. The van der Waals surface area contributed by atoms with Crippen LogP contribution in [-0.4, -0.2) is 11.3 Å². The Bertz CT molecular complexity index is 180. The van der Waals surface area contributed by atoms with Crippen molar-refractivity contribution in [3.63, 3.8) is 0 Å². The molecule has 1 saturated carbocycles. The SMILES string of the molecule is CCCCCCCCPC1(C(C)C)CCCC1. The largest absolute Gasteiger partial charge is 0.115 e. The van der Waals surface area contributed by atoms with E-state index in [2.05, 4.69) is 20.8 Å². The maximum absolute atomic E-state index is 2.46. The Morgan fingerprint density at radius 2 is 1.53 bits per heavy atom. The van der Waals surface area contributed by atoms with Crippen molar-refractivity contribution in [3.8, 4) is 0 Å².